The molecule has 12 heavy (non-hydrogen) atoms. The van der Waals surface area contributed by atoms with E-state index >= 15 is 0 Å². The molecule has 0 N–H and O–H groups in total. The van der Waals surface area contributed by atoms with Crippen molar-refractivity contribution in [3.63, 3.8) is 0 Å². The van der Waals surface area contributed by atoms with Gasteiger partial charge in [0.1, 0.15) is 0 Å². The number of rotatable bonds is 4. The molecule has 66 valence electrons. The number of hydrogen-bond donors (Lipinski definition) is 0. The molecule has 0 atom stereocenters. The summed E-state index contributed by atoms with van der Waals surface area (Å²) in [6, 6.07) is 10.1. The van der Waals surface area contributed by atoms with Crippen LogP contribution in [0.3, 0.4) is 0 Å². The lowest BCUT2D eigenvalue weighted by Crippen LogP contribution is -2.05. The molecule has 1 aromatic rings. The van der Waals surface area contributed by atoms with Crippen LogP contribution < -0.4 is 0 Å². The van der Waals surface area contributed by atoms with Crippen LogP contribution in [0.15, 0.2) is 30.3 Å². The van der Waals surface area contributed by atoms with Crippen LogP contribution in [-0.4, -0.2) is 14.3 Å². The Morgan fingerprint density at radius 3 is 2.42 bits per heavy atom. The summed E-state index contributed by atoms with van der Waals surface area (Å²) in [7, 11) is -1.87. The van der Waals surface area contributed by atoms with Gasteiger partial charge in [0, 0.05) is 6.61 Å². The fraction of sp³-hybridized carbons (Fsp3) is 0.250. The first kappa shape index (κ1) is 10.1. The van der Waals surface area contributed by atoms with Gasteiger partial charge in [-0.05, 0) is 12.0 Å². The summed E-state index contributed by atoms with van der Waals surface area (Å²) in [5.41, 5.74) is 1.25. The van der Waals surface area contributed by atoms with Crippen molar-refractivity contribution in [2.45, 2.75) is 6.42 Å². The second-order valence-electron chi connectivity index (χ2n) is 2.37. The number of halogens is 2. The molecule has 0 aliphatic heterocycles. The predicted molar refractivity (Wildman–Crippen MR) is 55.0 cm³/mol. The van der Waals surface area contributed by atoms with E-state index in [0.29, 0.717) is 6.61 Å². The van der Waals surface area contributed by atoms with Gasteiger partial charge in [0.2, 0.25) is 0 Å². The third-order valence-corrected chi connectivity index (χ3v) is 2.72. The summed E-state index contributed by atoms with van der Waals surface area (Å²) in [6.07, 6.45) is 0.879. The minimum atomic E-state index is -1.87. The molecule has 0 saturated carbocycles. The SMILES string of the molecule is Cl[SiH](Cl)OCCc1ccccc1. The predicted octanol–water partition coefficient (Wildman–Crippen LogP) is 2.44. The summed E-state index contributed by atoms with van der Waals surface area (Å²) in [6.45, 7) is 0.619. The highest BCUT2D eigenvalue weighted by Crippen LogP contribution is 2.02. The van der Waals surface area contributed by atoms with E-state index in [1.54, 1.807) is 0 Å². The van der Waals surface area contributed by atoms with Gasteiger partial charge < -0.3 is 4.43 Å². The van der Waals surface area contributed by atoms with Crippen LogP contribution in [0, 0.1) is 0 Å². The van der Waals surface area contributed by atoms with Crippen LogP contribution >= 0.6 is 22.2 Å². The number of hydrogen-bond acceptors (Lipinski definition) is 1. The Morgan fingerprint density at radius 2 is 1.83 bits per heavy atom. The summed E-state index contributed by atoms with van der Waals surface area (Å²) in [5.74, 6) is 0. The van der Waals surface area contributed by atoms with Crippen molar-refractivity contribution in [1.29, 1.82) is 0 Å². The average Bonchev–Trinajstić information content (AvgIpc) is 2.05. The van der Waals surface area contributed by atoms with E-state index in [4.69, 9.17) is 26.6 Å². The third kappa shape index (κ3) is 4.12. The molecule has 0 bridgehead atoms. The quantitative estimate of drug-likeness (QED) is 0.560. The molecule has 0 spiro atoms. The van der Waals surface area contributed by atoms with E-state index in [1.807, 2.05) is 18.2 Å². The maximum Gasteiger partial charge on any atom is 0.373 e. The molecule has 0 saturated heterocycles. The maximum atomic E-state index is 5.53. The Kier molecular flexibility index (Phi) is 4.69. The van der Waals surface area contributed by atoms with Crippen molar-refractivity contribution in [1.82, 2.24) is 0 Å². The first-order chi connectivity index (χ1) is 5.79. The average molecular weight is 221 g/mol. The van der Waals surface area contributed by atoms with Gasteiger partial charge in [0.15, 0.2) is 0 Å². The Morgan fingerprint density at radius 1 is 1.17 bits per heavy atom. The van der Waals surface area contributed by atoms with Crippen molar-refractivity contribution in [3.05, 3.63) is 35.9 Å². The van der Waals surface area contributed by atoms with Crippen LogP contribution in [-0.2, 0) is 10.8 Å². The van der Waals surface area contributed by atoms with Gasteiger partial charge in [-0.15, -0.1) is 22.2 Å². The highest BCUT2D eigenvalue weighted by Gasteiger charge is 2.00. The Labute approximate surface area is 83.4 Å². The summed E-state index contributed by atoms with van der Waals surface area (Å²) >= 11 is 11.1. The first-order valence-electron chi connectivity index (χ1n) is 3.73. The lowest BCUT2D eigenvalue weighted by atomic mass is 10.2. The fourth-order valence-corrected chi connectivity index (χ4v) is 1.74. The zero-order chi connectivity index (χ0) is 8.81. The zero-order valence-corrected chi connectivity index (χ0v) is 9.21. The van der Waals surface area contributed by atoms with E-state index < -0.39 is 7.66 Å². The summed E-state index contributed by atoms with van der Waals surface area (Å²) < 4.78 is 5.12. The first-order valence-corrected chi connectivity index (χ1v) is 7.69. The molecule has 0 aromatic heterocycles. The van der Waals surface area contributed by atoms with Crippen molar-refractivity contribution in [2.75, 3.05) is 6.61 Å². The van der Waals surface area contributed by atoms with Crippen LogP contribution in [0.25, 0.3) is 0 Å². The molecule has 1 aromatic carbocycles. The van der Waals surface area contributed by atoms with Crippen molar-refractivity contribution < 1.29 is 4.43 Å². The van der Waals surface area contributed by atoms with Crippen molar-refractivity contribution in [3.8, 4) is 0 Å². The Balaban J connectivity index is 2.25. The van der Waals surface area contributed by atoms with Crippen LogP contribution in [0.2, 0.25) is 0 Å². The minimum Gasteiger partial charge on any atom is -0.394 e. The molecule has 0 heterocycles. The molecular weight excluding hydrogens is 211 g/mol. The molecular formula is C8H10Cl2OSi. The minimum absolute atomic E-state index is 0.619. The normalized spacial score (nSPS) is 10.6. The molecule has 0 aliphatic rings. The Hall–Kier alpha value is -0.0231. The Bertz CT molecular complexity index is 216. The molecule has 0 aliphatic carbocycles. The van der Waals surface area contributed by atoms with E-state index in [2.05, 4.69) is 12.1 Å². The maximum absolute atomic E-state index is 5.53. The lowest BCUT2D eigenvalue weighted by Gasteiger charge is -2.02. The molecule has 0 unspecified atom stereocenters. The monoisotopic (exact) mass is 220 g/mol. The molecule has 1 nitrogen and oxygen atoms in total. The van der Waals surface area contributed by atoms with Gasteiger partial charge in [-0.3, -0.25) is 0 Å². The molecule has 0 amide bonds. The lowest BCUT2D eigenvalue weighted by molar-refractivity contribution is 0.345. The number of benzene rings is 1. The van der Waals surface area contributed by atoms with Gasteiger partial charge in [-0.25, -0.2) is 0 Å². The van der Waals surface area contributed by atoms with Gasteiger partial charge in [-0.1, -0.05) is 30.3 Å². The van der Waals surface area contributed by atoms with Crippen LogP contribution in [0.1, 0.15) is 5.56 Å². The largest absolute Gasteiger partial charge is 0.394 e. The summed E-state index contributed by atoms with van der Waals surface area (Å²) in [4.78, 5) is 0. The van der Waals surface area contributed by atoms with Gasteiger partial charge in [0.05, 0.1) is 0 Å². The topological polar surface area (TPSA) is 9.23 Å². The van der Waals surface area contributed by atoms with E-state index in [-0.39, 0.29) is 0 Å². The standard InChI is InChI=1S/C8H10Cl2OSi/c9-12(10)11-7-6-8-4-2-1-3-5-8/h1-5,12H,6-7H2. The van der Waals surface area contributed by atoms with Crippen LogP contribution in [0.5, 0.6) is 0 Å². The van der Waals surface area contributed by atoms with Gasteiger partial charge in [0.25, 0.3) is 0 Å². The highest BCUT2D eigenvalue weighted by atomic mass is 35.7. The summed E-state index contributed by atoms with van der Waals surface area (Å²) in [5, 5.41) is 0. The molecule has 1 rings (SSSR count). The van der Waals surface area contributed by atoms with Crippen LogP contribution in [0.4, 0.5) is 0 Å². The zero-order valence-electron chi connectivity index (χ0n) is 6.54. The fourth-order valence-electron chi connectivity index (χ4n) is 0.911. The van der Waals surface area contributed by atoms with E-state index in [9.17, 15) is 0 Å². The highest BCUT2D eigenvalue weighted by molar-refractivity contribution is 7.30. The smallest absolute Gasteiger partial charge is 0.373 e. The second kappa shape index (κ2) is 5.59. The van der Waals surface area contributed by atoms with Crippen molar-refractivity contribution in [2.24, 2.45) is 0 Å². The second-order valence-corrected chi connectivity index (χ2v) is 6.27. The van der Waals surface area contributed by atoms with Crippen molar-refractivity contribution >= 4 is 29.8 Å². The third-order valence-electron chi connectivity index (χ3n) is 1.48. The van der Waals surface area contributed by atoms with E-state index in [1.165, 1.54) is 5.56 Å². The van der Waals surface area contributed by atoms with Gasteiger partial charge in [-0.2, -0.15) is 0 Å². The molecule has 0 fully saturated rings. The molecule has 4 heteroatoms. The van der Waals surface area contributed by atoms with E-state index in [0.717, 1.165) is 6.42 Å². The molecule has 0 radical (unpaired) electrons. The van der Waals surface area contributed by atoms with Gasteiger partial charge >= 0.3 is 7.66 Å².